The van der Waals surface area contributed by atoms with E-state index in [0.29, 0.717) is 37.5 Å². The van der Waals surface area contributed by atoms with E-state index in [1.807, 2.05) is 0 Å². The van der Waals surface area contributed by atoms with Crippen LogP contribution >= 0.6 is 0 Å². The van der Waals surface area contributed by atoms with E-state index < -0.39 is 0 Å². The highest BCUT2D eigenvalue weighted by Gasteiger charge is 2.26. The first-order chi connectivity index (χ1) is 11.2. The molecule has 0 aromatic carbocycles. The lowest BCUT2D eigenvalue weighted by atomic mass is 10.2. The van der Waals surface area contributed by atoms with E-state index in [1.165, 1.54) is 6.26 Å². The van der Waals surface area contributed by atoms with Gasteiger partial charge in [-0.05, 0) is 24.3 Å². The van der Waals surface area contributed by atoms with Crippen LogP contribution in [0.15, 0.2) is 41.1 Å². The third-order valence-corrected chi connectivity index (χ3v) is 3.85. The van der Waals surface area contributed by atoms with Crippen molar-refractivity contribution in [2.75, 3.05) is 38.5 Å². The predicted molar refractivity (Wildman–Crippen MR) is 84.3 cm³/mol. The topological polar surface area (TPSA) is 78.7 Å². The van der Waals surface area contributed by atoms with Crippen molar-refractivity contribution in [2.24, 2.45) is 0 Å². The van der Waals surface area contributed by atoms with Crippen molar-refractivity contribution < 1.29 is 14.0 Å². The molecule has 0 atom stereocenters. The zero-order valence-electron chi connectivity index (χ0n) is 12.9. The van der Waals surface area contributed by atoms with E-state index in [1.54, 1.807) is 47.3 Å². The number of furan rings is 1. The highest BCUT2D eigenvalue weighted by Crippen LogP contribution is 2.12. The number of nitrogens with one attached hydrogen (secondary N) is 1. The Hall–Kier alpha value is -2.83. The van der Waals surface area contributed by atoms with Gasteiger partial charge >= 0.3 is 0 Å². The minimum atomic E-state index is -0.137. The lowest BCUT2D eigenvalue weighted by molar-refractivity contribution is 0.0518. The fraction of sp³-hybridized carbons (Fsp3) is 0.312. The maximum Gasteiger partial charge on any atom is 0.289 e. The number of anilines is 1. The van der Waals surface area contributed by atoms with E-state index in [0.717, 1.165) is 5.82 Å². The van der Waals surface area contributed by atoms with Gasteiger partial charge in [0.15, 0.2) is 5.76 Å². The highest BCUT2D eigenvalue weighted by atomic mass is 16.3. The van der Waals surface area contributed by atoms with Gasteiger partial charge in [-0.1, -0.05) is 0 Å². The Labute approximate surface area is 133 Å². The Balaban J connectivity index is 1.59. The zero-order chi connectivity index (χ0) is 16.2. The molecule has 2 aromatic heterocycles. The van der Waals surface area contributed by atoms with Crippen molar-refractivity contribution in [3.63, 3.8) is 0 Å². The van der Waals surface area contributed by atoms with Crippen LogP contribution in [0.4, 0.5) is 5.82 Å². The molecule has 0 aliphatic carbocycles. The Bertz CT molecular complexity index is 674. The summed E-state index contributed by atoms with van der Waals surface area (Å²) in [5.41, 5.74) is 0.551. The molecular weight excluding hydrogens is 296 g/mol. The van der Waals surface area contributed by atoms with Crippen molar-refractivity contribution in [3.05, 3.63) is 48.0 Å². The molecule has 7 nitrogen and oxygen atoms in total. The summed E-state index contributed by atoms with van der Waals surface area (Å²) >= 11 is 0. The van der Waals surface area contributed by atoms with E-state index in [4.69, 9.17) is 4.42 Å². The molecule has 23 heavy (non-hydrogen) atoms. The number of amides is 2. The summed E-state index contributed by atoms with van der Waals surface area (Å²) in [5.74, 6) is 0.847. The molecule has 0 bridgehead atoms. The second-order valence-electron chi connectivity index (χ2n) is 5.24. The molecule has 0 radical (unpaired) electrons. The lowest BCUT2D eigenvalue weighted by Crippen LogP contribution is -2.50. The number of carbonyl (C=O) groups is 2. The van der Waals surface area contributed by atoms with Crippen LogP contribution in [0.1, 0.15) is 20.9 Å². The summed E-state index contributed by atoms with van der Waals surface area (Å²) in [6.45, 7) is 1.98. The molecule has 2 aromatic rings. The van der Waals surface area contributed by atoms with Gasteiger partial charge in [0.25, 0.3) is 11.8 Å². The summed E-state index contributed by atoms with van der Waals surface area (Å²) in [6.07, 6.45) is 3.05. The van der Waals surface area contributed by atoms with Crippen LogP contribution in [0.25, 0.3) is 0 Å². The molecule has 0 saturated carbocycles. The van der Waals surface area contributed by atoms with Gasteiger partial charge in [0.05, 0.1) is 11.8 Å². The van der Waals surface area contributed by atoms with Crippen LogP contribution in [-0.4, -0.2) is 59.8 Å². The number of rotatable bonds is 3. The van der Waals surface area contributed by atoms with Gasteiger partial charge in [-0.3, -0.25) is 9.59 Å². The third kappa shape index (κ3) is 3.18. The summed E-state index contributed by atoms with van der Waals surface area (Å²) in [4.78, 5) is 32.2. The monoisotopic (exact) mass is 314 g/mol. The summed E-state index contributed by atoms with van der Waals surface area (Å²) in [6, 6.07) is 6.86. The third-order valence-electron chi connectivity index (χ3n) is 3.85. The van der Waals surface area contributed by atoms with Crippen LogP contribution in [0.2, 0.25) is 0 Å². The maximum atomic E-state index is 12.4. The Morgan fingerprint density at radius 2 is 1.78 bits per heavy atom. The molecule has 120 valence electrons. The SMILES string of the molecule is CNc1ccc(C(=O)N2CCN(C(=O)c3ccco3)CC2)cn1. The van der Waals surface area contributed by atoms with Crippen molar-refractivity contribution >= 4 is 17.6 Å². The normalized spacial score (nSPS) is 14.7. The van der Waals surface area contributed by atoms with E-state index >= 15 is 0 Å². The number of hydrogen-bond acceptors (Lipinski definition) is 5. The second-order valence-corrected chi connectivity index (χ2v) is 5.24. The minimum Gasteiger partial charge on any atom is -0.459 e. The van der Waals surface area contributed by atoms with Gasteiger partial charge in [0.1, 0.15) is 5.82 Å². The molecule has 0 unspecified atom stereocenters. The molecule has 3 rings (SSSR count). The van der Waals surface area contributed by atoms with E-state index in [-0.39, 0.29) is 11.8 Å². The van der Waals surface area contributed by atoms with Crippen LogP contribution < -0.4 is 5.32 Å². The molecular formula is C16H18N4O3. The standard InChI is InChI=1S/C16H18N4O3/c1-17-14-5-4-12(11-18-14)15(21)19-6-8-20(9-7-19)16(22)13-3-2-10-23-13/h2-5,10-11H,6-9H2,1H3,(H,17,18). The quantitative estimate of drug-likeness (QED) is 0.924. The van der Waals surface area contributed by atoms with Crippen molar-refractivity contribution in [1.29, 1.82) is 0 Å². The first-order valence-corrected chi connectivity index (χ1v) is 7.45. The Morgan fingerprint density at radius 3 is 2.30 bits per heavy atom. The van der Waals surface area contributed by atoms with Gasteiger partial charge in [0.2, 0.25) is 0 Å². The predicted octanol–water partition coefficient (Wildman–Crippen LogP) is 1.31. The molecule has 7 heteroatoms. The van der Waals surface area contributed by atoms with Gasteiger partial charge in [-0.2, -0.15) is 0 Å². The average molecular weight is 314 g/mol. The lowest BCUT2D eigenvalue weighted by Gasteiger charge is -2.34. The van der Waals surface area contributed by atoms with Crippen molar-refractivity contribution in [1.82, 2.24) is 14.8 Å². The highest BCUT2D eigenvalue weighted by molar-refractivity contribution is 5.95. The summed E-state index contributed by atoms with van der Waals surface area (Å²) < 4.78 is 5.13. The maximum absolute atomic E-state index is 12.4. The van der Waals surface area contributed by atoms with Crippen molar-refractivity contribution in [3.8, 4) is 0 Å². The van der Waals surface area contributed by atoms with Crippen LogP contribution in [0.3, 0.4) is 0 Å². The molecule has 1 saturated heterocycles. The number of piperazine rings is 1. The van der Waals surface area contributed by atoms with E-state index in [9.17, 15) is 9.59 Å². The summed E-state index contributed by atoms with van der Waals surface area (Å²) in [7, 11) is 1.78. The molecule has 1 aliphatic rings. The van der Waals surface area contributed by atoms with Crippen molar-refractivity contribution in [2.45, 2.75) is 0 Å². The largest absolute Gasteiger partial charge is 0.459 e. The van der Waals surface area contributed by atoms with Crippen LogP contribution in [0, 0.1) is 0 Å². The first-order valence-electron chi connectivity index (χ1n) is 7.45. The summed E-state index contributed by atoms with van der Waals surface area (Å²) in [5, 5.41) is 2.92. The fourth-order valence-corrected chi connectivity index (χ4v) is 2.52. The number of pyridine rings is 1. The molecule has 3 heterocycles. The molecule has 1 N–H and O–H groups in total. The van der Waals surface area contributed by atoms with Crippen LogP contribution in [-0.2, 0) is 0 Å². The number of hydrogen-bond donors (Lipinski definition) is 1. The Kier molecular flexibility index (Phi) is 4.27. The molecule has 1 fully saturated rings. The fourth-order valence-electron chi connectivity index (χ4n) is 2.52. The van der Waals surface area contributed by atoms with Gasteiger partial charge in [0, 0.05) is 39.4 Å². The van der Waals surface area contributed by atoms with Gasteiger partial charge in [-0.25, -0.2) is 4.98 Å². The molecule has 0 spiro atoms. The molecule has 1 aliphatic heterocycles. The smallest absolute Gasteiger partial charge is 0.289 e. The number of nitrogens with zero attached hydrogens (tertiary/aromatic N) is 3. The average Bonchev–Trinajstić information content (AvgIpc) is 3.15. The minimum absolute atomic E-state index is 0.0646. The molecule has 2 amide bonds. The zero-order valence-corrected chi connectivity index (χ0v) is 12.9. The first kappa shape index (κ1) is 15.1. The second kappa shape index (κ2) is 6.51. The van der Waals surface area contributed by atoms with Gasteiger partial charge < -0.3 is 19.5 Å². The van der Waals surface area contributed by atoms with Gasteiger partial charge in [-0.15, -0.1) is 0 Å². The number of carbonyl (C=O) groups excluding carboxylic acids is 2. The Morgan fingerprint density at radius 1 is 1.09 bits per heavy atom. The van der Waals surface area contributed by atoms with E-state index in [2.05, 4.69) is 10.3 Å². The van der Waals surface area contributed by atoms with Crippen LogP contribution in [0.5, 0.6) is 0 Å². The number of aromatic nitrogens is 1.